The van der Waals surface area contributed by atoms with E-state index in [9.17, 15) is 14.7 Å². The monoisotopic (exact) mass is 788 g/mol. The first-order chi connectivity index (χ1) is 27.6. The summed E-state index contributed by atoms with van der Waals surface area (Å²) in [6.45, 7) is 25.1. The summed E-state index contributed by atoms with van der Waals surface area (Å²) in [5, 5.41) is 17.0. The molecule has 1 amide bonds. The SMILES string of the molecule is C=C[C@@H]1CC(CNCC(=O)N[C@]23CC[C@@H](C(C)C)C2[C@H]2CCC4[C@@]5(C)CC=C(c6ccc(C(=O)O)cc6)C(C)(C)C5CC[C@@]4(C)[C@]2(C)CC3)N(Cc2ccccc2)C1. The predicted molar refractivity (Wildman–Crippen MR) is 236 cm³/mol. The molecule has 1 heterocycles. The number of amides is 1. The highest BCUT2D eigenvalue weighted by molar-refractivity contribution is 5.88. The smallest absolute Gasteiger partial charge is 0.335 e. The minimum atomic E-state index is -0.869. The molecule has 5 fully saturated rings. The highest BCUT2D eigenvalue weighted by Gasteiger charge is 2.70. The Labute approximate surface area is 350 Å². The molecule has 2 aromatic carbocycles. The number of carboxylic acid groups (broad SMARTS) is 1. The number of carbonyl (C=O) groups is 2. The van der Waals surface area contributed by atoms with Crippen LogP contribution >= 0.6 is 0 Å². The first kappa shape index (κ1) is 41.5. The van der Waals surface area contributed by atoms with Gasteiger partial charge in [-0.25, -0.2) is 4.79 Å². The summed E-state index contributed by atoms with van der Waals surface area (Å²) in [5.74, 6) is 3.39. The summed E-state index contributed by atoms with van der Waals surface area (Å²) in [5.41, 5.74) is 4.82. The number of benzene rings is 2. The molecule has 5 aliphatic carbocycles. The van der Waals surface area contributed by atoms with Gasteiger partial charge in [-0.2, -0.15) is 0 Å². The second kappa shape index (κ2) is 15.4. The molecule has 6 nitrogen and oxygen atoms in total. The van der Waals surface area contributed by atoms with Crippen LogP contribution in [0.2, 0.25) is 0 Å². The summed E-state index contributed by atoms with van der Waals surface area (Å²) in [7, 11) is 0. The minimum Gasteiger partial charge on any atom is -0.478 e. The number of carboxylic acids is 1. The van der Waals surface area contributed by atoms with E-state index in [1.807, 2.05) is 12.1 Å². The molecule has 11 atom stereocenters. The van der Waals surface area contributed by atoms with Crippen LogP contribution in [0.4, 0.5) is 0 Å². The normalized spacial score (nSPS) is 39.2. The molecular formula is C52H73N3O3. The molecule has 0 radical (unpaired) electrons. The lowest BCUT2D eigenvalue weighted by Gasteiger charge is -2.72. The number of nitrogens with zero attached hydrogens (tertiary/aromatic N) is 1. The van der Waals surface area contributed by atoms with E-state index in [4.69, 9.17) is 0 Å². The third-order valence-corrected chi connectivity index (χ3v) is 18.5. The highest BCUT2D eigenvalue weighted by Crippen LogP contribution is 2.76. The van der Waals surface area contributed by atoms with Crippen LogP contribution in [0.15, 0.2) is 73.3 Å². The summed E-state index contributed by atoms with van der Waals surface area (Å²) in [6, 6.07) is 18.8. The number of rotatable bonds is 11. The summed E-state index contributed by atoms with van der Waals surface area (Å²) in [4.78, 5) is 28.3. The Kier molecular flexibility index (Phi) is 11.0. The molecule has 2 aromatic rings. The standard InChI is InChI=1S/C52H73N3O3/c1-9-35-29-39(55(32-35)33-36-13-11-10-12-14-36)30-53-31-45(56)54-52-26-21-40(34(2)3)46(52)42-19-20-44-49(6)24-22-41(37-15-17-38(18-16-37)47(57)58)48(4,5)43(49)23-25-51(44,8)50(42,7)27-28-52/h9-18,22,34-35,39-40,42-44,46,53H,1,19-21,23-33H2,2-8H3,(H,54,56)(H,57,58)/t35-,39?,40+,42-,43?,44?,46?,49+,50-,51-,52+/m1/s1. The van der Waals surface area contributed by atoms with Gasteiger partial charge in [0.05, 0.1) is 12.1 Å². The van der Waals surface area contributed by atoms with E-state index in [2.05, 4.69) is 113 Å². The molecule has 314 valence electrons. The molecule has 8 rings (SSSR count). The van der Waals surface area contributed by atoms with Crippen molar-refractivity contribution >= 4 is 17.4 Å². The van der Waals surface area contributed by atoms with Gasteiger partial charge in [0, 0.05) is 31.2 Å². The lowest BCUT2D eigenvalue weighted by atomic mass is 9.33. The topological polar surface area (TPSA) is 81.7 Å². The number of likely N-dealkylation sites (tertiary alicyclic amines) is 1. The largest absolute Gasteiger partial charge is 0.478 e. The van der Waals surface area contributed by atoms with Gasteiger partial charge in [-0.05, 0) is 156 Å². The molecule has 4 saturated carbocycles. The van der Waals surface area contributed by atoms with E-state index in [0.29, 0.717) is 59.6 Å². The zero-order chi connectivity index (χ0) is 41.3. The van der Waals surface area contributed by atoms with Gasteiger partial charge in [-0.15, -0.1) is 6.58 Å². The first-order valence-electron chi connectivity index (χ1n) is 23.0. The van der Waals surface area contributed by atoms with Gasteiger partial charge in [0.2, 0.25) is 5.91 Å². The lowest BCUT2D eigenvalue weighted by molar-refractivity contribution is -0.221. The summed E-state index contributed by atoms with van der Waals surface area (Å²) >= 11 is 0. The van der Waals surface area contributed by atoms with Crippen LogP contribution in [-0.2, 0) is 11.3 Å². The molecule has 1 saturated heterocycles. The Morgan fingerprint density at radius 3 is 2.33 bits per heavy atom. The maximum Gasteiger partial charge on any atom is 0.335 e. The third-order valence-electron chi connectivity index (χ3n) is 18.5. The maximum atomic E-state index is 14.1. The highest BCUT2D eigenvalue weighted by atomic mass is 16.4. The Balaban J connectivity index is 0.986. The van der Waals surface area contributed by atoms with Gasteiger partial charge in [0.15, 0.2) is 0 Å². The van der Waals surface area contributed by atoms with Gasteiger partial charge in [-0.3, -0.25) is 9.69 Å². The minimum absolute atomic E-state index is 0.00362. The van der Waals surface area contributed by atoms with Crippen molar-refractivity contribution in [2.75, 3.05) is 19.6 Å². The molecule has 0 aromatic heterocycles. The fraction of sp³-hybridized carbons (Fsp3) is 0.654. The number of carbonyl (C=O) groups excluding carboxylic acids is 1. The fourth-order valence-corrected chi connectivity index (χ4v) is 15.6. The van der Waals surface area contributed by atoms with E-state index in [1.54, 1.807) is 12.1 Å². The van der Waals surface area contributed by atoms with Gasteiger partial charge in [0.25, 0.3) is 0 Å². The van der Waals surface area contributed by atoms with Gasteiger partial charge >= 0.3 is 5.97 Å². The molecule has 0 spiro atoms. The number of allylic oxidation sites excluding steroid dienone is 2. The van der Waals surface area contributed by atoms with E-state index < -0.39 is 5.97 Å². The first-order valence-corrected chi connectivity index (χ1v) is 23.0. The van der Waals surface area contributed by atoms with Crippen LogP contribution in [0.25, 0.3) is 5.57 Å². The molecule has 4 unspecified atom stereocenters. The zero-order valence-corrected chi connectivity index (χ0v) is 36.8. The van der Waals surface area contributed by atoms with Crippen LogP contribution in [0.3, 0.4) is 0 Å². The van der Waals surface area contributed by atoms with Crippen LogP contribution in [0, 0.1) is 63.1 Å². The van der Waals surface area contributed by atoms with Crippen molar-refractivity contribution in [3.05, 3.63) is 90.0 Å². The molecule has 6 aliphatic rings. The summed E-state index contributed by atoms with van der Waals surface area (Å²) < 4.78 is 0. The van der Waals surface area contributed by atoms with Crippen molar-refractivity contribution in [2.45, 2.75) is 131 Å². The van der Waals surface area contributed by atoms with E-state index in [-0.39, 0.29) is 33.1 Å². The number of nitrogens with one attached hydrogen (secondary N) is 2. The average molecular weight is 788 g/mol. The summed E-state index contributed by atoms with van der Waals surface area (Å²) in [6.07, 6.45) is 16.5. The predicted octanol–water partition coefficient (Wildman–Crippen LogP) is 10.7. The van der Waals surface area contributed by atoms with Gasteiger partial charge in [0.1, 0.15) is 0 Å². The zero-order valence-electron chi connectivity index (χ0n) is 36.8. The van der Waals surface area contributed by atoms with Crippen molar-refractivity contribution in [3.63, 3.8) is 0 Å². The van der Waals surface area contributed by atoms with E-state index in [1.165, 1.54) is 55.2 Å². The number of fused-ring (bicyclic) bond motifs is 7. The van der Waals surface area contributed by atoms with Gasteiger partial charge in [-0.1, -0.05) is 103 Å². The molecule has 58 heavy (non-hydrogen) atoms. The number of hydrogen-bond acceptors (Lipinski definition) is 4. The van der Waals surface area contributed by atoms with Crippen molar-refractivity contribution < 1.29 is 14.7 Å². The van der Waals surface area contributed by atoms with Crippen LogP contribution < -0.4 is 10.6 Å². The van der Waals surface area contributed by atoms with E-state index in [0.717, 1.165) is 45.3 Å². The van der Waals surface area contributed by atoms with Crippen LogP contribution in [0.5, 0.6) is 0 Å². The third kappa shape index (κ3) is 6.75. The molecule has 0 bridgehead atoms. The van der Waals surface area contributed by atoms with Gasteiger partial charge < -0.3 is 15.7 Å². The maximum absolute atomic E-state index is 14.1. The quantitative estimate of drug-likeness (QED) is 0.198. The Bertz CT molecular complexity index is 1890. The molecular weight excluding hydrogens is 715 g/mol. The average Bonchev–Trinajstić information content (AvgIpc) is 3.76. The Hall–Kier alpha value is -3.22. The Morgan fingerprint density at radius 2 is 1.64 bits per heavy atom. The van der Waals surface area contributed by atoms with Crippen LogP contribution in [-0.4, -0.2) is 53.1 Å². The van der Waals surface area contributed by atoms with Crippen molar-refractivity contribution in [1.82, 2.24) is 15.5 Å². The second-order valence-corrected chi connectivity index (χ2v) is 21.7. The van der Waals surface area contributed by atoms with Crippen molar-refractivity contribution in [1.29, 1.82) is 0 Å². The van der Waals surface area contributed by atoms with Crippen molar-refractivity contribution in [3.8, 4) is 0 Å². The Morgan fingerprint density at radius 1 is 0.897 bits per heavy atom. The molecule has 3 N–H and O–H groups in total. The fourth-order valence-electron chi connectivity index (χ4n) is 15.6. The van der Waals surface area contributed by atoms with E-state index >= 15 is 0 Å². The molecule has 6 heteroatoms. The lowest BCUT2D eigenvalue weighted by Crippen LogP contribution is -2.68. The number of hydrogen-bond donors (Lipinski definition) is 3. The number of aromatic carboxylic acids is 1. The van der Waals surface area contributed by atoms with Crippen molar-refractivity contribution in [2.24, 2.45) is 63.1 Å². The van der Waals surface area contributed by atoms with Crippen LogP contribution in [0.1, 0.15) is 134 Å². The second-order valence-electron chi connectivity index (χ2n) is 21.7. The molecule has 1 aliphatic heterocycles.